The quantitative estimate of drug-likeness (QED) is 0.451. The van der Waals surface area contributed by atoms with Gasteiger partial charge in [0.25, 0.3) is 5.91 Å². The first-order chi connectivity index (χ1) is 19.7. The minimum Gasteiger partial charge on any atom is -0.462 e. The van der Waals surface area contributed by atoms with Crippen molar-refractivity contribution in [3.8, 4) is 11.9 Å². The van der Waals surface area contributed by atoms with E-state index in [2.05, 4.69) is 53.5 Å². The molecule has 6 rings (SSSR count). The van der Waals surface area contributed by atoms with Crippen LogP contribution in [-0.4, -0.2) is 87.8 Å². The molecule has 3 aliphatic heterocycles. The summed E-state index contributed by atoms with van der Waals surface area (Å²) in [5, 5.41) is 8.28. The molecule has 3 aliphatic rings. The summed E-state index contributed by atoms with van der Waals surface area (Å²) >= 11 is 0. The van der Waals surface area contributed by atoms with E-state index in [0.717, 1.165) is 64.1 Å². The number of rotatable bonds is 6. The van der Waals surface area contributed by atoms with Crippen molar-refractivity contribution in [3.05, 3.63) is 53.0 Å². The van der Waals surface area contributed by atoms with E-state index in [1.54, 1.807) is 0 Å². The van der Waals surface area contributed by atoms with Gasteiger partial charge in [-0.25, -0.2) is 4.39 Å². The lowest BCUT2D eigenvalue weighted by atomic mass is 9.95. The number of hydrogen-bond donors (Lipinski definition) is 1. The second kappa shape index (κ2) is 10.8. The van der Waals surface area contributed by atoms with Crippen LogP contribution < -0.4 is 14.4 Å². The zero-order chi connectivity index (χ0) is 28.8. The SMILES string of the molecule is C=C(F)C(=O)N1CCN(c2nc(OCC3CCCN3C)nc3c2CC(C)=C(c2c(C)ccc4[nH]ncc24)O3)C[C@H]1C. The van der Waals surface area contributed by atoms with Crippen LogP contribution in [0.1, 0.15) is 43.4 Å². The molecule has 2 fully saturated rings. The van der Waals surface area contributed by atoms with Gasteiger partial charge in [-0.2, -0.15) is 15.1 Å². The molecule has 41 heavy (non-hydrogen) atoms. The first-order valence-corrected chi connectivity index (χ1v) is 14.2. The number of carbonyl (C=O) groups excluding carboxylic acids is 1. The van der Waals surface area contributed by atoms with E-state index in [0.29, 0.717) is 44.6 Å². The summed E-state index contributed by atoms with van der Waals surface area (Å²) in [7, 11) is 2.11. The van der Waals surface area contributed by atoms with Gasteiger partial charge in [0.05, 0.1) is 17.3 Å². The minimum absolute atomic E-state index is 0.232. The van der Waals surface area contributed by atoms with Crippen LogP contribution in [0.25, 0.3) is 16.7 Å². The summed E-state index contributed by atoms with van der Waals surface area (Å²) in [6.45, 7) is 12.1. The molecule has 1 N–H and O–H groups in total. The number of aromatic nitrogens is 4. The van der Waals surface area contributed by atoms with Gasteiger partial charge in [-0.05, 0) is 64.4 Å². The highest BCUT2D eigenvalue weighted by Gasteiger charge is 2.34. The van der Waals surface area contributed by atoms with Crippen molar-refractivity contribution in [3.63, 3.8) is 0 Å². The Morgan fingerprint density at radius 3 is 2.80 bits per heavy atom. The molecule has 1 amide bonds. The lowest BCUT2D eigenvalue weighted by Crippen LogP contribution is -2.54. The second-order valence-corrected chi connectivity index (χ2v) is 11.4. The van der Waals surface area contributed by atoms with E-state index >= 15 is 0 Å². The van der Waals surface area contributed by atoms with Crippen molar-refractivity contribution in [2.24, 2.45) is 0 Å². The lowest BCUT2D eigenvalue weighted by Gasteiger charge is -2.41. The van der Waals surface area contributed by atoms with Crippen molar-refractivity contribution < 1.29 is 18.7 Å². The maximum absolute atomic E-state index is 13.6. The van der Waals surface area contributed by atoms with Gasteiger partial charge >= 0.3 is 6.01 Å². The van der Waals surface area contributed by atoms with E-state index in [-0.39, 0.29) is 12.1 Å². The van der Waals surface area contributed by atoms with Crippen LogP contribution in [0.3, 0.4) is 0 Å². The molecule has 0 spiro atoms. The van der Waals surface area contributed by atoms with Crippen molar-refractivity contribution in [2.45, 2.75) is 52.1 Å². The highest BCUT2D eigenvalue weighted by atomic mass is 19.1. The van der Waals surface area contributed by atoms with Crippen LogP contribution in [0.4, 0.5) is 10.2 Å². The molecule has 1 unspecified atom stereocenters. The number of likely N-dealkylation sites (N-methyl/N-ethyl adjacent to an activating group) is 1. The maximum atomic E-state index is 13.6. The fraction of sp³-hybridized carbons (Fsp3) is 0.467. The van der Waals surface area contributed by atoms with Crippen LogP contribution in [0, 0.1) is 6.92 Å². The molecule has 2 atom stereocenters. The van der Waals surface area contributed by atoms with Gasteiger partial charge < -0.3 is 24.2 Å². The number of nitrogens with one attached hydrogen (secondary N) is 1. The van der Waals surface area contributed by atoms with Gasteiger partial charge in [0.15, 0.2) is 5.83 Å². The number of amides is 1. The Labute approximate surface area is 238 Å². The van der Waals surface area contributed by atoms with Gasteiger partial charge in [0.1, 0.15) is 18.2 Å². The molecule has 0 bridgehead atoms. The number of aryl methyl sites for hydroxylation is 1. The topological polar surface area (TPSA) is 99.7 Å². The number of likely N-dealkylation sites (tertiary alicyclic amines) is 1. The fourth-order valence-electron chi connectivity index (χ4n) is 6.19. The number of nitrogens with zero attached hydrogens (tertiary/aromatic N) is 6. The Bertz CT molecular complexity index is 1550. The van der Waals surface area contributed by atoms with Crippen LogP contribution in [0.5, 0.6) is 11.9 Å². The molecule has 1 aromatic carbocycles. The monoisotopic (exact) mass is 561 g/mol. The standard InChI is InChI=1S/C30H36FN7O3/c1-17-8-9-24-23(14-32-35-24)25(17)26-18(2)13-22-27(37-11-12-38(19(3)15-37)29(39)20(4)31)33-30(34-28(22)41-26)40-16-21-7-6-10-36(21)5/h8-9,14,19,21H,4,6-7,10-13,15-16H2,1-3,5H3,(H,32,35)/t19-,21?/m1/s1. The Morgan fingerprint density at radius 2 is 2.07 bits per heavy atom. The van der Waals surface area contributed by atoms with E-state index in [9.17, 15) is 9.18 Å². The van der Waals surface area contributed by atoms with Crippen molar-refractivity contribution >= 4 is 28.4 Å². The predicted molar refractivity (Wildman–Crippen MR) is 155 cm³/mol. The van der Waals surface area contributed by atoms with Crippen molar-refractivity contribution in [1.82, 2.24) is 30.0 Å². The molecule has 216 valence electrons. The fourth-order valence-corrected chi connectivity index (χ4v) is 6.19. The van der Waals surface area contributed by atoms with Crippen LogP contribution in [0.2, 0.25) is 0 Å². The average molecular weight is 562 g/mol. The molecule has 0 radical (unpaired) electrons. The number of hydrogen-bond acceptors (Lipinski definition) is 8. The molecule has 0 saturated carbocycles. The third-order valence-corrected chi connectivity index (χ3v) is 8.51. The van der Waals surface area contributed by atoms with Crippen LogP contribution >= 0.6 is 0 Å². The number of halogens is 1. The number of benzene rings is 1. The molecule has 2 saturated heterocycles. The second-order valence-electron chi connectivity index (χ2n) is 11.4. The average Bonchev–Trinajstić information content (AvgIpc) is 3.59. The number of carbonyl (C=O) groups is 1. The highest BCUT2D eigenvalue weighted by Crippen LogP contribution is 2.41. The predicted octanol–water partition coefficient (Wildman–Crippen LogP) is 4.02. The highest BCUT2D eigenvalue weighted by molar-refractivity contribution is 5.93. The number of ether oxygens (including phenoxy) is 2. The van der Waals surface area contributed by atoms with Crippen LogP contribution in [0.15, 0.2) is 36.3 Å². The van der Waals surface area contributed by atoms with Crippen LogP contribution in [-0.2, 0) is 11.2 Å². The number of aromatic amines is 1. The molecule has 5 heterocycles. The van der Waals surface area contributed by atoms with Crippen molar-refractivity contribution in [2.75, 3.05) is 44.7 Å². The normalized spacial score (nSPS) is 21.3. The van der Waals surface area contributed by atoms with E-state index in [1.807, 2.05) is 19.2 Å². The zero-order valence-corrected chi connectivity index (χ0v) is 24.0. The Morgan fingerprint density at radius 1 is 1.24 bits per heavy atom. The number of allylic oxidation sites excluding steroid dienone is 1. The molecule has 3 aromatic rings. The molecule has 0 aliphatic carbocycles. The molecular formula is C30H36FN7O3. The summed E-state index contributed by atoms with van der Waals surface area (Å²) in [6.07, 6.45) is 4.62. The Hall–Kier alpha value is -3.99. The van der Waals surface area contributed by atoms with Gasteiger partial charge in [-0.3, -0.25) is 9.89 Å². The lowest BCUT2D eigenvalue weighted by molar-refractivity contribution is -0.131. The first kappa shape index (κ1) is 27.2. The third kappa shape index (κ3) is 5.03. The number of anilines is 1. The Balaban J connectivity index is 1.36. The van der Waals surface area contributed by atoms with Gasteiger partial charge in [-0.1, -0.05) is 12.6 Å². The Kier molecular flexibility index (Phi) is 7.14. The number of fused-ring (bicyclic) bond motifs is 2. The smallest absolute Gasteiger partial charge is 0.321 e. The largest absolute Gasteiger partial charge is 0.462 e. The van der Waals surface area contributed by atoms with Gasteiger partial charge in [0.2, 0.25) is 5.88 Å². The van der Waals surface area contributed by atoms with E-state index in [1.165, 1.54) is 4.90 Å². The number of piperazine rings is 1. The summed E-state index contributed by atoms with van der Waals surface area (Å²) in [4.78, 5) is 27.9. The molecule has 10 nitrogen and oxygen atoms in total. The summed E-state index contributed by atoms with van der Waals surface area (Å²) < 4.78 is 26.5. The van der Waals surface area contributed by atoms with Gasteiger partial charge in [-0.15, -0.1) is 0 Å². The summed E-state index contributed by atoms with van der Waals surface area (Å²) in [5.41, 5.74) is 4.93. The van der Waals surface area contributed by atoms with Crippen molar-refractivity contribution in [1.29, 1.82) is 0 Å². The molecule has 2 aromatic heterocycles. The number of H-pyrrole nitrogens is 1. The summed E-state index contributed by atoms with van der Waals surface area (Å²) in [6, 6.07) is 4.41. The van der Waals surface area contributed by atoms with E-state index in [4.69, 9.17) is 19.4 Å². The maximum Gasteiger partial charge on any atom is 0.321 e. The molecule has 11 heteroatoms. The first-order valence-electron chi connectivity index (χ1n) is 14.2. The summed E-state index contributed by atoms with van der Waals surface area (Å²) in [5.74, 6) is 0.343. The zero-order valence-electron chi connectivity index (χ0n) is 24.0. The third-order valence-electron chi connectivity index (χ3n) is 8.51. The van der Waals surface area contributed by atoms with E-state index < -0.39 is 11.7 Å². The molecular weight excluding hydrogens is 525 g/mol. The minimum atomic E-state index is -0.943. The van der Waals surface area contributed by atoms with Gasteiger partial charge in [0, 0.05) is 49.1 Å².